The van der Waals surface area contributed by atoms with Gasteiger partial charge in [-0.3, -0.25) is 4.79 Å². The number of nitrogens with zero attached hydrogens (tertiary/aromatic N) is 4. The van der Waals surface area contributed by atoms with Crippen LogP contribution in [-0.4, -0.2) is 19.6 Å². The SMILES string of the molecule is Cc1nn(Cc2ccccc2)c(=O)c2c1cnn2-c1ccc(F)cc1. The molecule has 0 radical (unpaired) electrons. The molecule has 2 heterocycles. The van der Waals surface area contributed by atoms with Gasteiger partial charge in [-0.05, 0) is 36.8 Å². The monoisotopic (exact) mass is 334 g/mol. The number of hydrogen-bond acceptors (Lipinski definition) is 3. The molecule has 0 aliphatic carbocycles. The molecule has 25 heavy (non-hydrogen) atoms. The molecule has 0 saturated heterocycles. The predicted molar refractivity (Wildman–Crippen MR) is 93.4 cm³/mol. The number of halogens is 1. The summed E-state index contributed by atoms with van der Waals surface area (Å²) in [7, 11) is 0. The number of hydrogen-bond donors (Lipinski definition) is 0. The summed E-state index contributed by atoms with van der Waals surface area (Å²) in [6.45, 7) is 2.23. The third-order valence-electron chi connectivity index (χ3n) is 4.11. The molecule has 0 bridgehead atoms. The lowest BCUT2D eigenvalue weighted by atomic mass is 10.2. The van der Waals surface area contributed by atoms with Gasteiger partial charge in [0.05, 0.1) is 24.1 Å². The van der Waals surface area contributed by atoms with Crippen LogP contribution in [0.5, 0.6) is 0 Å². The third kappa shape index (κ3) is 2.71. The minimum Gasteiger partial charge on any atom is -0.265 e. The maximum atomic E-state index is 13.2. The molecule has 0 atom stereocenters. The van der Waals surface area contributed by atoms with Crippen LogP contribution in [0.25, 0.3) is 16.6 Å². The molecule has 0 fully saturated rings. The van der Waals surface area contributed by atoms with Crippen LogP contribution in [0.3, 0.4) is 0 Å². The number of fused-ring (bicyclic) bond motifs is 1. The van der Waals surface area contributed by atoms with Crippen LogP contribution in [0.15, 0.2) is 65.6 Å². The minimum absolute atomic E-state index is 0.230. The van der Waals surface area contributed by atoms with E-state index in [4.69, 9.17) is 0 Å². The van der Waals surface area contributed by atoms with Crippen molar-refractivity contribution in [3.8, 4) is 5.69 Å². The first-order valence-corrected chi connectivity index (χ1v) is 7.89. The second kappa shape index (κ2) is 5.98. The minimum atomic E-state index is -0.334. The summed E-state index contributed by atoms with van der Waals surface area (Å²) >= 11 is 0. The second-order valence-corrected chi connectivity index (χ2v) is 5.83. The Hall–Kier alpha value is -3.28. The Kier molecular flexibility index (Phi) is 3.65. The molecule has 0 amide bonds. The molecule has 124 valence electrons. The average molecular weight is 334 g/mol. The van der Waals surface area contributed by atoms with Crippen LogP contribution in [-0.2, 0) is 6.54 Å². The summed E-state index contributed by atoms with van der Waals surface area (Å²) in [6.07, 6.45) is 1.62. The Bertz CT molecular complexity index is 1100. The van der Waals surface area contributed by atoms with Crippen molar-refractivity contribution in [2.45, 2.75) is 13.5 Å². The predicted octanol–water partition coefficient (Wildman–Crippen LogP) is 3.08. The molecule has 6 heteroatoms. The van der Waals surface area contributed by atoms with Crippen LogP contribution < -0.4 is 5.56 Å². The van der Waals surface area contributed by atoms with Crippen molar-refractivity contribution in [3.63, 3.8) is 0 Å². The first kappa shape index (κ1) is 15.3. The Morgan fingerprint density at radius 1 is 1.04 bits per heavy atom. The van der Waals surface area contributed by atoms with Crippen molar-refractivity contribution >= 4 is 10.9 Å². The number of rotatable bonds is 3. The molecule has 0 N–H and O–H groups in total. The largest absolute Gasteiger partial charge is 0.293 e. The van der Waals surface area contributed by atoms with Gasteiger partial charge < -0.3 is 0 Å². The van der Waals surface area contributed by atoms with E-state index in [0.717, 1.165) is 11.3 Å². The lowest BCUT2D eigenvalue weighted by Gasteiger charge is -2.08. The molecule has 2 aromatic carbocycles. The Morgan fingerprint density at radius 2 is 1.76 bits per heavy atom. The fraction of sp³-hybridized carbons (Fsp3) is 0.105. The highest BCUT2D eigenvalue weighted by atomic mass is 19.1. The summed E-state index contributed by atoms with van der Waals surface area (Å²) in [5.41, 5.74) is 2.55. The van der Waals surface area contributed by atoms with E-state index in [9.17, 15) is 9.18 Å². The van der Waals surface area contributed by atoms with E-state index < -0.39 is 0 Å². The van der Waals surface area contributed by atoms with Crippen LogP contribution >= 0.6 is 0 Å². The fourth-order valence-corrected chi connectivity index (χ4v) is 2.86. The Balaban J connectivity index is 1.90. The first-order chi connectivity index (χ1) is 12.1. The standard InChI is InChI=1S/C19H15FN4O/c1-13-17-11-21-24(16-9-7-15(20)8-10-16)18(17)19(25)23(22-13)12-14-5-3-2-4-6-14/h2-11H,12H2,1H3. The van der Waals surface area contributed by atoms with Crippen LogP contribution in [0.2, 0.25) is 0 Å². The van der Waals surface area contributed by atoms with Crippen molar-refractivity contribution in [1.82, 2.24) is 19.6 Å². The Morgan fingerprint density at radius 3 is 2.48 bits per heavy atom. The average Bonchev–Trinajstić information content (AvgIpc) is 3.07. The summed E-state index contributed by atoms with van der Waals surface area (Å²) in [5, 5.41) is 9.41. The van der Waals surface area contributed by atoms with Gasteiger partial charge in [0.25, 0.3) is 5.56 Å². The first-order valence-electron chi connectivity index (χ1n) is 7.89. The van der Waals surface area contributed by atoms with Gasteiger partial charge in [-0.2, -0.15) is 10.2 Å². The van der Waals surface area contributed by atoms with Crippen molar-refractivity contribution in [3.05, 3.63) is 88.2 Å². The summed E-state index contributed by atoms with van der Waals surface area (Å²) in [6, 6.07) is 15.6. The smallest absolute Gasteiger partial charge is 0.265 e. The number of aromatic nitrogens is 4. The highest BCUT2D eigenvalue weighted by Gasteiger charge is 2.15. The van der Waals surface area contributed by atoms with Gasteiger partial charge >= 0.3 is 0 Å². The fourth-order valence-electron chi connectivity index (χ4n) is 2.86. The van der Waals surface area contributed by atoms with Crippen LogP contribution in [0, 0.1) is 12.7 Å². The summed E-state index contributed by atoms with van der Waals surface area (Å²) < 4.78 is 16.2. The van der Waals surface area contributed by atoms with E-state index in [0.29, 0.717) is 23.1 Å². The molecule has 0 spiro atoms. The van der Waals surface area contributed by atoms with Crippen molar-refractivity contribution in [2.75, 3.05) is 0 Å². The number of benzene rings is 2. The van der Waals surface area contributed by atoms with E-state index in [1.54, 1.807) is 18.3 Å². The van der Waals surface area contributed by atoms with E-state index in [1.807, 2.05) is 37.3 Å². The normalized spacial score (nSPS) is 11.1. The third-order valence-corrected chi connectivity index (χ3v) is 4.11. The summed E-state index contributed by atoms with van der Waals surface area (Å²) in [5.74, 6) is -0.334. The molecule has 4 rings (SSSR count). The summed E-state index contributed by atoms with van der Waals surface area (Å²) in [4.78, 5) is 13.0. The van der Waals surface area contributed by atoms with E-state index >= 15 is 0 Å². The van der Waals surface area contributed by atoms with E-state index in [-0.39, 0.29) is 11.4 Å². The Labute approximate surface area is 143 Å². The zero-order valence-corrected chi connectivity index (χ0v) is 13.6. The molecule has 0 saturated carbocycles. The van der Waals surface area contributed by atoms with Crippen molar-refractivity contribution < 1.29 is 4.39 Å². The molecule has 0 aliphatic heterocycles. The lowest BCUT2D eigenvalue weighted by molar-refractivity contribution is 0.626. The molecular weight excluding hydrogens is 319 g/mol. The molecule has 5 nitrogen and oxygen atoms in total. The zero-order chi connectivity index (χ0) is 17.4. The molecule has 4 aromatic rings. The topological polar surface area (TPSA) is 52.7 Å². The van der Waals surface area contributed by atoms with Gasteiger partial charge in [-0.15, -0.1) is 0 Å². The van der Waals surface area contributed by atoms with Crippen LogP contribution in [0.4, 0.5) is 4.39 Å². The maximum absolute atomic E-state index is 13.2. The highest BCUT2D eigenvalue weighted by molar-refractivity contribution is 5.81. The maximum Gasteiger partial charge on any atom is 0.293 e. The van der Waals surface area contributed by atoms with E-state index in [1.165, 1.54) is 21.5 Å². The van der Waals surface area contributed by atoms with Gasteiger partial charge in [-0.1, -0.05) is 30.3 Å². The van der Waals surface area contributed by atoms with Crippen molar-refractivity contribution in [1.29, 1.82) is 0 Å². The highest BCUT2D eigenvalue weighted by Crippen LogP contribution is 2.17. The van der Waals surface area contributed by atoms with Gasteiger partial charge in [0.2, 0.25) is 0 Å². The van der Waals surface area contributed by atoms with Gasteiger partial charge in [-0.25, -0.2) is 13.8 Å². The molecule has 0 unspecified atom stereocenters. The zero-order valence-electron chi connectivity index (χ0n) is 13.6. The van der Waals surface area contributed by atoms with E-state index in [2.05, 4.69) is 10.2 Å². The van der Waals surface area contributed by atoms with Crippen molar-refractivity contribution in [2.24, 2.45) is 0 Å². The van der Waals surface area contributed by atoms with Gasteiger partial charge in [0.15, 0.2) is 0 Å². The van der Waals surface area contributed by atoms with Gasteiger partial charge in [0, 0.05) is 5.39 Å². The number of aryl methyl sites for hydroxylation is 1. The second-order valence-electron chi connectivity index (χ2n) is 5.83. The quantitative estimate of drug-likeness (QED) is 0.578. The lowest BCUT2D eigenvalue weighted by Crippen LogP contribution is -2.26. The van der Waals surface area contributed by atoms with Gasteiger partial charge in [0.1, 0.15) is 11.3 Å². The molecular formula is C19H15FN4O. The van der Waals surface area contributed by atoms with Crippen LogP contribution in [0.1, 0.15) is 11.3 Å². The molecule has 0 aliphatic rings. The molecule has 2 aromatic heterocycles.